The quantitative estimate of drug-likeness (QED) is 0.843. The van der Waals surface area contributed by atoms with E-state index in [0.29, 0.717) is 11.1 Å². The largest absolute Gasteiger partial charge is 0.381 e. The maximum atomic E-state index is 12.1. The highest BCUT2D eigenvalue weighted by atomic mass is 32.2. The van der Waals surface area contributed by atoms with E-state index in [0.717, 1.165) is 0 Å². The number of hydrogen-bond acceptors (Lipinski definition) is 5. The van der Waals surface area contributed by atoms with Crippen LogP contribution in [0.2, 0.25) is 0 Å². The van der Waals surface area contributed by atoms with Gasteiger partial charge in [0.05, 0.1) is 11.6 Å². The number of nitrogens with one attached hydrogen (secondary N) is 1. The zero-order valence-electron chi connectivity index (χ0n) is 10.7. The van der Waals surface area contributed by atoms with Gasteiger partial charge in [0.2, 0.25) is 10.0 Å². The molecule has 0 aliphatic carbocycles. The number of hydrogen-bond donors (Lipinski definition) is 2. The van der Waals surface area contributed by atoms with Crippen molar-refractivity contribution >= 4 is 15.8 Å². The number of benzene rings is 1. The second kappa shape index (κ2) is 5.32. The molecule has 0 radical (unpaired) electrons. The van der Waals surface area contributed by atoms with E-state index in [1.165, 1.54) is 10.9 Å². The molecule has 7 nitrogen and oxygen atoms in total. The minimum absolute atomic E-state index is 0.0502. The summed E-state index contributed by atoms with van der Waals surface area (Å²) in [7, 11) is -2.14. The highest BCUT2D eigenvalue weighted by Gasteiger charge is 2.20. The normalized spacial score (nSPS) is 11.2. The number of nitrogens with two attached hydrogens (primary N) is 1. The van der Waals surface area contributed by atoms with Crippen LogP contribution in [-0.2, 0) is 23.6 Å². The minimum atomic E-state index is -3.73. The molecule has 0 unspecified atom stereocenters. The summed E-state index contributed by atoms with van der Waals surface area (Å²) in [5.74, 6) is -0.0502. The first-order valence-corrected chi connectivity index (χ1v) is 7.18. The van der Waals surface area contributed by atoms with Crippen molar-refractivity contribution in [2.45, 2.75) is 11.4 Å². The van der Waals surface area contributed by atoms with Crippen LogP contribution < -0.4 is 10.5 Å². The molecule has 0 bridgehead atoms. The molecule has 1 aromatic heterocycles. The van der Waals surface area contributed by atoms with Crippen molar-refractivity contribution in [2.75, 3.05) is 5.73 Å². The molecule has 0 amide bonds. The summed E-state index contributed by atoms with van der Waals surface area (Å²) < 4.78 is 27.9. The van der Waals surface area contributed by atoms with E-state index in [-0.39, 0.29) is 17.3 Å². The zero-order chi connectivity index (χ0) is 14.8. The smallest absolute Gasteiger partial charge is 0.246 e. The minimum Gasteiger partial charge on any atom is -0.381 e. The van der Waals surface area contributed by atoms with Crippen LogP contribution in [0.4, 0.5) is 5.82 Å². The van der Waals surface area contributed by atoms with Gasteiger partial charge in [-0.25, -0.2) is 13.1 Å². The highest BCUT2D eigenvalue weighted by molar-refractivity contribution is 7.89. The Morgan fingerprint density at radius 2 is 2.25 bits per heavy atom. The standard InChI is InChI=1S/C12H13N5O2S/c1-17-8-11(12(14)16-17)20(18,19)15-7-10-4-2-3-9(5-10)6-13/h2-5,8,15H,7H2,1H3,(H2,14,16). The number of nitrogens with zero attached hydrogens (tertiary/aromatic N) is 3. The van der Waals surface area contributed by atoms with Gasteiger partial charge in [0.25, 0.3) is 0 Å². The Balaban J connectivity index is 2.17. The van der Waals surface area contributed by atoms with Crippen molar-refractivity contribution < 1.29 is 8.42 Å². The fraction of sp³-hybridized carbons (Fsp3) is 0.167. The molecule has 0 saturated heterocycles. The fourth-order valence-corrected chi connectivity index (χ4v) is 2.82. The van der Waals surface area contributed by atoms with Gasteiger partial charge >= 0.3 is 0 Å². The lowest BCUT2D eigenvalue weighted by molar-refractivity contribution is 0.581. The number of rotatable bonds is 4. The first-order chi connectivity index (χ1) is 9.42. The average molecular weight is 291 g/mol. The molecule has 2 rings (SSSR count). The molecule has 20 heavy (non-hydrogen) atoms. The Bertz CT molecular complexity index is 773. The molecular weight excluding hydrogens is 278 g/mol. The summed E-state index contributed by atoms with van der Waals surface area (Å²) in [6.07, 6.45) is 1.34. The number of sulfonamides is 1. The van der Waals surface area contributed by atoms with Crippen molar-refractivity contribution in [3.63, 3.8) is 0 Å². The van der Waals surface area contributed by atoms with Gasteiger partial charge in [0.15, 0.2) is 5.82 Å². The van der Waals surface area contributed by atoms with Gasteiger partial charge in [-0.2, -0.15) is 10.4 Å². The van der Waals surface area contributed by atoms with E-state index >= 15 is 0 Å². The molecule has 0 aliphatic rings. The summed E-state index contributed by atoms with van der Waals surface area (Å²) in [5.41, 5.74) is 6.71. The summed E-state index contributed by atoms with van der Waals surface area (Å²) in [6.45, 7) is 0.0756. The Kier molecular flexibility index (Phi) is 3.74. The number of aryl methyl sites for hydroxylation is 1. The first-order valence-electron chi connectivity index (χ1n) is 5.70. The van der Waals surface area contributed by atoms with Crippen LogP contribution in [0.25, 0.3) is 0 Å². The molecule has 0 atom stereocenters. The van der Waals surface area contributed by atoms with Crippen LogP contribution >= 0.6 is 0 Å². The third-order valence-electron chi connectivity index (χ3n) is 2.63. The van der Waals surface area contributed by atoms with Gasteiger partial charge in [-0.1, -0.05) is 12.1 Å². The van der Waals surface area contributed by atoms with Crippen LogP contribution in [0, 0.1) is 11.3 Å². The van der Waals surface area contributed by atoms with Gasteiger partial charge in [0, 0.05) is 19.8 Å². The molecule has 2 aromatic rings. The van der Waals surface area contributed by atoms with Crippen molar-refractivity contribution in [1.82, 2.24) is 14.5 Å². The molecule has 104 valence electrons. The Hall–Kier alpha value is -2.37. The van der Waals surface area contributed by atoms with Crippen molar-refractivity contribution in [3.05, 3.63) is 41.6 Å². The van der Waals surface area contributed by atoms with Crippen LogP contribution in [0.3, 0.4) is 0 Å². The van der Waals surface area contributed by atoms with Gasteiger partial charge < -0.3 is 5.73 Å². The summed E-state index contributed by atoms with van der Waals surface area (Å²) in [5, 5.41) is 12.6. The van der Waals surface area contributed by atoms with E-state index in [4.69, 9.17) is 11.0 Å². The molecule has 0 saturated carbocycles. The molecule has 1 aromatic carbocycles. The van der Waals surface area contributed by atoms with E-state index in [2.05, 4.69) is 9.82 Å². The lowest BCUT2D eigenvalue weighted by Crippen LogP contribution is -2.23. The van der Waals surface area contributed by atoms with E-state index in [9.17, 15) is 8.42 Å². The second-order valence-electron chi connectivity index (χ2n) is 4.19. The third kappa shape index (κ3) is 2.96. The highest BCUT2D eigenvalue weighted by Crippen LogP contribution is 2.15. The van der Waals surface area contributed by atoms with Crippen LogP contribution in [0.15, 0.2) is 35.4 Å². The Morgan fingerprint density at radius 1 is 1.50 bits per heavy atom. The summed E-state index contributed by atoms with van der Waals surface area (Å²) in [4.78, 5) is -0.0589. The van der Waals surface area contributed by atoms with E-state index in [1.54, 1.807) is 31.3 Å². The van der Waals surface area contributed by atoms with Crippen LogP contribution in [-0.4, -0.2) is 18.2 Å². The maximum Gasteiger partial charge on any atom is 0.246 e. The number of aromatic nitrogens is 2. The lowest BCUT2D eigenvalue weighted by Gasteiger charge is -2.05. The topological polar surface area (TPSA) is 114 Å². The molecule has 3 N–H and O–H groups in total. The molecule has 0 aliphatic heterocycles. The number of nitrogen functional groups attached to an aromatic ring is 1. The fourth-order valence-electron chi connectivity index (χ4n) is 1.70. The maximum absolute atomic E-state index is 12.1. The van der Waals surface area contributed by atoms with Gasteiger partial charge in [-0.15, -0.1) is 0 Å². The van der Waals surface area contributed by atoms with Gasteiger partial charge in [0.1, 0.15) is 4.90 Å². The Labute approximate surface area is 116 Å². The van der Waals surface area contributed by atoms with Crippen molar-refractivity contribution in [2.24, 2.45) is 7.05 Å². The molecule has 0 spiro atoms. The SMILES string of the molecule is Cn1cc(S(=O)(=O)NCc2cccc(C#N)c2)c(N)n1. The average Bonchev–Trinajstić information content (AvgIpc) is 2.77. The summed E-state index contributed by atoms with van der Waals surface area (Å²) in [6, 6.07) is 8.70. The van der Waals surface area contributed by atoms with Gasteiger partial charge in [-0.05, 0) is 17.7 Å². The second-order valence-corrected chi connectivity index (χ2v) is 5.92. The Morgan fingerprint density at radius 3 is 2.85 bits per heavy atom. The predicted molar refractivity (Wildman–Crippen MR) is 72.8 cm³/mol. The molecule has 1 heterocycles. The number of nitriles is 1. The van der Waals surface area contributed by atoms with Gasteiger partial charge in [-0.3, -0.25) is 4.68 Å². The molecular formula is C12H13N5O2S. The summed E-state index contributed by atoms with van der Waals surface area (Å²) >= 11 is 0. The van der Waals surface area contributed by atoms with Crippen LogP contribution in [0.5, 0.6) is 0 Å². The monoisotopic (exact) mass is 291 g/mol. The third-order valence-corrected chi connectivity index (χ3v) is 4.05. The zero-order valence-corrected chi connectivity index (χ0v) is 11.6. The van der Waals surface area contributed by atoms with Crippen molar-refractivity contribution in [1.29, 1.82) is 5.26 Å². The molecule has 0 fully saturated rings. The molecule has 8 heteroatoms. The van der Waals surface area contributed by atoms with E-state index < -0.39 is 10.0 Å². The van der Waals surface area contributed by atoms with E-state index in [1.807, 2.05) is 6.07 Å². The van der Waals surface area contributed by atoms with Crippen LogP contribution in [0.1, 0.15) is 11.1 Å². The van der Waals surface area contributed by atoms with Crippen molar-refractivity contribution in [3.8, 4) is 6.07 Å². The predicted octanol–water partition coefficient (Wildman–Crippen LogP) is 0.352. The lowest BCUT2D eigenvalue weighted by atomic mass is 10.1. The number of anilines is 1. The first kappa shape index (κ1) is 14.0.